The van der Waals surface area contributed by atoms with Crippen molar-refractivity contribution in [2.24, 2.45) is 5.92 Å². The van der Waals surface area contributed by atoms with E-state index < -0.39 is 5.60 Å². The molecule has 0 aromatic carbocycles. The molecule has 0 unspecified atom stereocenters. The van der Waals surface area contributed by atoms with Gasteiger partial charge in [-0.2, -0.15) is 0 Å². The Labute approximate surface area is 102 Å². The number of fused-ring (bicyclic) bond motifs is 1. The van der Waals surface area contributed by atoms with Crippen molar-refractivity contribution in [1.29, 1.82) is 0 Å². The molecule has 17 heavy (non-hydrogen) atoms. The molecule has 0 radical (unpaired) electrons. The van der Waals surface area contributed by atoms with Crippen molar-refractivity contribution in [1.82, 2.24) is 4.90 Å². The molecule has 96 valence electrons. The topological polar surface area (TPSA) is 46.6 Å². The Morgan fingerprint density at radius 3 is 2.71 bits per heavy atom. The van der Waals surface area contributed by atoms with Gasteiger partial charge in [-0.1, -0.05) is 0 Å². The van der Waals surface area contributed by atoms with Crippen LogP contribution in [0.25, 0.3) is 0 Å². The number of ketones is 1. The zero-order valence-electron chi connectivity index (χ0n) is 10.9. The fourth-order valence-corrected chi connectivity index (χ4v) is 2.80. The van der Waals surface area contributed by atoms with Crippen LogP contribution in [0, 0.1) is 5.92 Å². The predicted molar refractivity (Wildman–Crippen MR) is 63.7 cm³/mol. The number of hydrogen-bond donors (Lipinski definition) is 0. The van der Waals surface area contributed by atoms with E-state index in [-0.39, 0.29) is 18.1 Å². The molecule has 2 rings (SSSR count). The number of carbonyl (C=O) groups excluding carboxylic acids is 2. The summed E-state index contributed by atoms with van der Waals surface area (Å²) in [6.07, 6.45) is 3.07. The van der Waals surface area contributed by atoms with Crippen molar-refractivity contribution in [3.63, 3.8) is 0 Å². The molecule has 0 aromatic heterocycles. The number of hydrogen-bond acceptors (Lipinski definition) is 3. The lowest BCUT2D eigenvalue weighted by molar-refractivity contribution is -0.125. The van der Waals surface area contributed by atoms with E-state index in [2.05, 4.69) is 0 Å². The van der Waals surface area contributed by atoms with E-state index in [0.717, 1.165) is 19.3 Å². The summed E-state index contributed by atoms with van der Waals surface area (Å²) in [5.41, 5.74) is -0.464. The van der Waals surface area contributed by atoms with Gasteiger partial charge in [0, 0.05) is 24.9 Å². The summed E-state index contributed by atoms with van der Waals surface area (Å²) in [5, 5.41) is 0. The molecule has 1 saturated carbocycles. The largest absolute Gasteiger partial charge is 0.444 e. The van der Waals surface area contributed by atoms with Crippen LogP contribution in [0.15, 0.2) is 0 Å². The van der Waals surface area contributed by atoms with E-state index >= 15 is 0 Å². The molecule has 2 fully saturated rings. The predicted octanol–water partition coefficient (Wildman–Crippen LogP) is 2.37. The maximum Gasteiger partial charge on any atom is 0.410 e. The lowest BCUT2D eigenvalue weighted by Gasteiger charge is -2.32. The highest BCUT2D eigenvalue weighted by atomic mass is 16.6. The first-order valence-corrected chi connectivity index (χ1v) is 6.41. The lowest BCUT2D eigenvalue weighted by Crippen LogP contribution is -2.44. The van der Waals surface area contributed by atoms with Gasteiger partial charge < -0.3 is 9.64 Å². The fourth-order valence-electron chi connectivity index (χ4n) is 2.80. The minimum absolute atomic E-state index is 0.0660. The van der Waals surface area contributed by atoms with E-state index in [1.54, 1.807) is 4.90 Å². The average molecular weight is 239 g/mol. The van der Waals surface area contributed by atoms with Crippen LogP contribution in [0.3, 0.4) is 0 Å². The molecule has 4 nitrogen and oxygen atoms in total. The molecule has 0 aromatic rings. The number of nitrogens with zero attached hydrogens (tertiary/aromatic N) is 1. The van der Waals surface area contributed by atoms with Gasteiger partial charge in [0.05, 0.1) is 0 Å². The third kappa shape index (κ3) is 2.61. The lowest BCUT2D eigenvalue weighted by atomic mass is 9.84. The molecular formula is C13H21NO3. The molecule has 1 amide bonds. The van der Waals surface area contributed by atoms with Gasteiger partial charge in [-0.25, -0.2) is 4.79 Å². The summed E-state index contributed by atoms with van der Waals surface area (Å²) in [4.78, 5) is 25.5. The SMILES string of the molecule is CC(C)(C)OC(=O)N1CC[C@@H]2C(=O)CCC[C@@H]21. The average Bonchev–Trinajstić information content (AvgIpc) is 2.60. The van der Waals surface area contributed by atoms with E-state index in [9.17, 15) is 9.59 Å². The van der Waals surface area contributed by atoms with Gasteiger partial charge in [0.2, 0.25) is 0 Å². The summed E-state index contributed by atoms with van der Waals surface area (Å²) >= 11 is 0. The van der Waals surface area contributed by atoms with Gasteiger partial charge in [-0.3, -0.25) is 4.79 Å². The molecule has 2 atom stereocenters. The first kappa shape index (κ1) is 12.4. The van der Waals surface area contributed by atoms with Crippen LogP contribution in [0.2, 0.25) is 0 Å². The van der Waals surface area contributed by atoms with Crippen LogP contribution in [0.5, 0.6) is 0 Å². The van der Waals surface area contributed by atoms with Crippen molar-refractivity contribution in [2.45, 2.75) is 58.1 Å². The van der Waals surface area contributed by atoms with Gasteiger partial charge in [0.15, 0.2) is 0 Å². The van der Waals surface area contributed by atoms with Gasteiger partial charge >= 0.3 is 6.09 Å². The van der Waals surface area contributed by atoms with Gasteiger partial charge in [0.25, 0.3) is 0 Å². The summed E-state index contributed by atoms with van der Waals surface area (Å²) in [6.45, 7) is 6.26. The Morgan fingerprint density at radius 1 is 1.35 bits per heavy atom. The third-order valence-corrected chi connectivity index (χ3v) is 3.51. The van der Waals surface area contributed by atoms with Gasteiger partial charge in [-0.05, 0) is 40.0 Å². The molecule has 0 bridgehead atoms. The molecule has 0 spiro atoms. The second-order valence-corrected chi connectivity index (χ2v) is 5.99. The number of carbonyl (C=O) groups is 2. The molecule has 1 aliphatic heterocycles. The van der Waals surface area contributed by atoms with Crippen molar-refractivity contribution in [2.75, 3.05) is 6.54 Å². The highest BCUT2D eigenvalue weighted by Crippen LogP contribution is 2.34. The number of rotatable bonds is 0. The summed E-state index contributed by atoms with van der Waals surface area (Å²) in [6, 6.07) is 0.0890. The Kier molecular flexibility index (Phi) is 3.15. The van der Waals surface area contributed by atoms with Crippen LogP contribution in [0.4, 0.5) is 4.79 Å². The van der Waals surface area contributed by atoms with Crippen LogP contribution in [-0.2, 0) is 9.53 Å². The standard InChI is InChI=1S/C13H21NO3/c1-13(2,3)17-12(16)14-8-7-9-10(14)5-4-6-11(9)15/h9-10H,4-8H2,1-3H3/t9-,10-/m0/s1. The first-order chi connectivity index (χ1) is 7.88. The van der Waals surface area contributed by atoms with Crippen LogP contribution in [0.1, 0.15) is 46.5 Å². The monoisotopic (exact) mass is 239 g/mol. The second-order valence-electron chi connectivity index (χ2n) is 5.99. The fraction of sp³-hybridized carbons (Fsp3) is 0.846. The molecule has 1 heterocycles. The van der Waals surface area contributed by atoms with Crippen LogP contribution < -0.4 is 0 Å². The molecule has 1 saturated heterocycles. The van der Waals surface area contributed by atoms with E-state index in [1.165, 1.54) is 0 Å². The highest BCUT2D eigenvalue weighted by Gasteiger charge is 2.43. The maximum absolute atomic E-state index is 12.0. The Morgan fingerprint density at radius 2 is 2.06 bits per heavy atom. The molecule has 2 aliphatic rings. The number of likely N-dealkylation sites (tertiary alicyclic amines) is 1. The van der Waals surface area contributed by atoms with Crippen molar-refractivity contribution < 1.29 is 14.3 Å². The Balaban J connectivity index is 2.03. The quantitative estimate of drug-likeness (QED) is 0.652. The minimum Gasteiger partial charge on any atom is -0.444 e. The summed E-state index contributed by atoms with van der Waals surface area (Å²) in [7, 11) is 0. The van der Waals surface area contributed by atoms with Crippen molar-refractivity contribution >= 4 is 11.9 Å². The number of ether oxygens (including phenoxy) is 1. The Hall–Kier alpha value is -1.06. The molecular weight excluding hydrogens is 218 g/mol. The van der Waals surface area contributed by atoms with Crippen LogP contribution >= 0.6 is 0 Å². The number of amides is 1. The van der Waals surface area contributed by atoms with Crippen molar-refractivity contribution in [3.8, 4) is 0 Å². The van der Waals surface area contributed by atoms with Gasteiger partial charge in [0.1, 0.15) is 11.4 Å². The maximum atomic E-state index is 12.0. The van der Waals surface area contributed by atoms with Crippen LogP contribution in [-0.4, -0.2) is 35.0 Å². The summed E-state index contributed by atoms with van der Waals surface area (Å²) in [5.74, 6) is 0.392. The van der Waals surface area contributed by atoms with E-state index in [0.29, 0.717) is 18.7 Å². The smallest absolute Gasteiger partial charge is 0.410 e. The minimum atomic E-state index is -0.464. The number of Topliss-reactive ketones (excluding diaryl/α,β-unsaturated/α-hetero) is 1. The van der Waals surface area contributed by atoms with Gasteiger partial charge in [-0.15, -0.1) is 0 Å². The summed E-state index contributed by atoms with van der Waals surface area (Å²) < 4.78 is 5.38. The molecule has 1 aliphatic carbocycles. The second kappa shape index (κ2) is 4.31. The zero-order valence-corrected chi connectivity index (χ0v) is 10.9. The zero-order chi connectivity index (χ0) is 12.6. The molecule has 0 N–H and O–H groups in total. The van der Waals surface area contributed by atoms with Crippen molar-refractivity contribution in [3.05, 3.63) is 0 Å². The van der Waals surface area contributed by atoms with E-state index in [1.807, 2.05) is 20.8 Å². The Bertz CT molecular complexity index is 332. The normalized spacial score (nSPS) is 29.1. The van der Waals surface area contributed by atoms with E-state index in [4.69, 9.17) is 4.74 Å². The highest BCUT2D eigenvalue weighted by molar-refractivity contribution is 5.84. The third-order valence-electron chi connectivity index (χ3n) is 3.51. The first-order valence-electron chi connectivity index (χ1n) is 6.41. The molecule has 4 heteroatoms.